The van der Waals surface area contributed by atoms with E-state index in [-0.39, 0.29) is 0 Å². The Bertz CT molecular complexity index is 2860. The van der Waals surface area contributed by atoms with Crippen molar-refractivity contribution in [3.63, 3.8) is 0 Å². The molecule has 2 heterocycles. The molecular formula is C48H32N2. The molecule has 0 aliphatic carbocycles. The maximum atomic E-state index is 2.48. The molecule has 0 saturated carbocycles. The Morgan fingerprint density at radius 1 is 0.280 bits per heavy atom. The molecule has 0 spiro atoms. The van der Waals surface area contributed by atoms with Crippen LogP contribution in [-0.4, -0.2) is 9.13 Å². The Balaban J connectivity index is 1.22. The van der Waals surface area contributed by atoms with Crippen LogP contribution in [0.4, 0.5) is 0 Å². The molecule has 10 rings (SSSR count). The van der Waals surface area contributed by atoms with Crippen LogP contribution in [-0.2, 0) is 0 Å². The van der Waals surface area contributed by atoms with E-state index in [1.807, 2.05) is 0 Å². The van der Waals surface area contributed by atoms with Crippen molar-refractivity contribution in [3.05, 3.63) is 194 Å². The van der Waals surface area contributed by atoms with E-state index in [4.69, 9.17) is 0 Å². The third-order valence-electron chi connectivity index (χ3n) is 10.1. The van der Waals surface area contributed by atoms with Crippen molar-refractivity contribution < 1.29 is 0 Å². The highest BCUT2D eigenvalue weighted by Crippen LogP contribution is 2.43. The number of fused-ring (bicyclic) bond motifs is 6. The normalized spacial score (nSPS) is 11.6. The molecule has 2 aromatic heterocycles. The van der Waals surface area contributed by atoms with Crippen molar-refractivity contribution in [3.8, 4) is 44.8 Å². The second kappa shape index (κ2) is 11.5. The standard InChI is InChI=1S/C48H32N2/c1-3-16-33(17-4-1)37-25-15-26-42-40-23-10-14-29-46(40)50(48(37)42)45-28-13-9-22-39(45)38-21-8-7-20-36(38)34-30-31-47-43(32-34)41-24-11-12-27-44(41)49(47)35-18-5-2-6-19-35/h1-32H. The fraction of sp³-hybridized carbons (Fsp3) is 0. The van der Waals surface area contributed by atoms with E-state index in [9.17, 15) is 0 Å². The number of benzene rings is 8. The molecule has 0 aliphatic rings. The lowest BCUT2D eigenvalue weighted by Gasteiger charge is -2.18. The van der Waals surface area contributed by atoms with Gasteiger partial charge in [0.15, 0.2) is 0 Å². The van der Waals surface area contributed by atoms with Gasteiger partial charge < -0.3 is 9.13 Å². The summed E-state index contributed by atoms with van der Waals surface area (Å²) in [6.07, 6.45) is 0. The van der Waals surface area contributed by atoms with Crippen LogP contribution in [0.25, 0.3) is 88.4 Å². The van der Waals surface area contributed by atoms with E-state index >= 15 is 0 Å². The highest BCUT2D eigenvalue weighted by molar-refractivity contribution is 6.15. The minimum atomic E-state index is 1.16. The first-order valence-electron chi connectivity index (χ1n) is 17.2. The number of aromatic nitrogens is 2. The quantitative estimate of drug-likeness (QED) is 0.178. The molecule has 0 N–H and O–H groups in total. The average Bonchev–Trinajstić information content (AvgIpc) is 3.71. The first-order valence-corrected chi connectivity index (χ1v) is 17.2. The van der Waals surface area contributed by atoms with Crippen molar-refractivity contribution in [1.82, 2.24) is 9.13 Å². The average molecular weight is 637 g/mol. The molecule has 0 fully saturated rings. The summed E-state index contributed by atoms with van der Waals surface area (Å²) in [5, 5.41) is 5.01. The first-order chi connectivity index (χ1) is 24.8. The van der Waals surface area contributed by atoms with Gasteiger partial charge in [-0.05, 0) is 64.7 Å². The van der Waals surface area contributed by atoms with E-state index in [1.165, 1.54) is 82.7 Å². The summed E-state index contributed by atoms with van der Waals surface area (Å²) >= 11 is 0. The van der Waals surface area contributed by atoms with Crippen LogP contribution in [0.2, 0.25) is 0 Å². The molecule has 2 heteroatoms. The van der Waals surface area contributed by atoms with Gasteiger partial charge in [-0.2, -0.15) is 0 Å². The van der Waals surface area contributed by atoms with E-state index in [0.29, 0.717) is 0 Å². The van der Waals surface area contributed by atoms with Crippen molar-refractivity contribution in [2.45, 2.75) is 0 Å². The fourth-order valence-electron chi connectivity index (χ4n) is 7.98. The Morgan fingerprint density at radius 3 is 1.60 bits per heavy atom. The molecule has 0 atom stereocenters. The van der Waals surface area contributed by atoms with Gasteiger partial charge in [-0.25, -0.2) is 0 Å². The zero-order valence-electron chi connectivity index (χ0n) is 27.4. The van der Waals surface area contributed by atoms with Crippen LogP contribution in [0.5, 0.6) is 0 Å². The third kappa shape index (κ3) is 4.36. The Labute approximate surface area is 290 Å². The second-order valence-electron chi connectivity index (χ2n) is 12.9. The summed E-state index contributed by atoms with van der Waals surface area (Å²) in [7, 11) is 0. The molecule has 0 amide bonds. The van der Waals surface area contributed by atoms with Gasteiger partial charge in [-0.1, -0.05) is 152 Å². The Hall–Kier alpha value is -6.64. The van der Waals surface area contributed by atoms with Crippen molar-refractivity contribution in [2.75, 3.05) is 0 Å². The van der Waals surface area contributed by atoms with Crippen LogP contribution in [0.1, 0.15) is 0 Å². The maximum Gasteiger partial charge on any atom is 0.0619 e. The minimum absolute atomic E-state index is 1.16. The molecule has 50 heavy (non-hydrogen) atoms. The molecule has 0 bridgehead atoms. The Kier molecular flexibility index (Phi) is 6.53. The lowest BCUT2D eigenvalue weighted by molar-refractivity contribution is 1.18. The second-order valence-corrected chi connectivity index (χ2v) is 12.9. The molecule has 234 valence electrons. The number of hydrogen-bond acceptors (Lipinski definition) is 0. The zero-order chi connectivity index (χ0) is 33.0. The molecule has 0 aliphatic heterocycles. The van der Waals surface area contributed by atoms with Gasteiger partial charge in [0.05, 0.1) is 27.8 Å². The van der Waals surface area contributed by atoms with E-state index in [0.717, 1.165) is 5.69 Å². The monoisotopic (exact) mass is 636 g/mol. The van der Waals surface area contributed by atoms with Crippen molar-refractivity contribution >= 4 is 43.6 Å². The fourth-order valence-corrected chi connectivity index (χ4v) is 7.98. The molecule has 8 aromatic carbocycles. The van der Waals surface area contributed by atoms with Gasteiger partial charge in [0, 0.05) is 38.4 Å². The minimum Gasteiger partial charge on any atom is -0.309 e. The third-order valence-corrected chi connectivity index (χ3v) is 10.1. The van der Waals surface area contributed by atoms with Crippen molar-refractivity contribution in [2.24, 2.45) is 0 Å². The van der Waals surface area contributed by atoms with Crippen LogP contribution >= 0.6 is 0 Å². The molecule has 0 saturated heterocycles. The first kappa shape index (κ1) is 28.4. The highest BCUT2D eigenvalue weighted by atomic mass is 15.0. The van der Waals surface area contributed by atoms with Crippen LogP contribution in [0.3, 0.4) is 0 Å². The Morgan fingerprint density at radius 2 is 0.820 bits per heavy atom. The molecular weight excluding hydrogens is 605 g/mol. The number of para-hydroxylation sites is 5. The molecule has 2 nitrogen and oxygen atoms in total. The van der Waals surface area contributed by atoms with E-state index in [2.05, 4.69) is 203 Å². The van der Waals surface area contributed by atoms with Gasteiger partial charge in [0.2, 0.25) is 0 Å². The summed E-state index contributed by atoms with van der Waals surface area (Å²) in [6.45, 7) is 0. The lowest BCUT2D eigenvalue weighted by atomic mass is 9.92. The van der Waals surface area contributed by atoms with Crippen LogP contribution in [0.15, 0.2) is 194 Å². The molecule has 0 radical (unpaired) electrons. The SMILES string of the molecule is c1ccc(-c2cccc3c4ccccc4n(-c4ccccc4-c4ccccc4-c4ccc5c(c4)c4ccccc4n5-c4ccccc4)c23)cc1. The predicted octanol–water partition coefficient (Wildman–Crippen LogP) is 12.9. The summed E-state index contributed by atoms with van der Waals surface area (Å²) in [5.41, 5.74) is 14.4. The van der Waals surface area contributed by atoms with Gasteiger partial charge in [0.1, 0.15) is 0 Å². The molecule has 0 unspecified atom stereocenters. The van der Waals surface area contributed by atoms with E-state index in [1.54, 1.807) is 0 Å². The number of nitrogens with zero attached hydrogens (tertiary/aromatic N) is 2. The molecule has 10 aromatic rings. The van der Waals surface area contributed by atoms with E-state index < -0.39 is 0 Å². The summed E-state index contributed by atoms with van der Waals surface area (Å²) in [5.74, 6) is 0. The largest absolute Gasteiger partial charge is 0.309 e. The predicted molar refractivity (Wildman–Crippen MR) is 211 cm³/mol. The van der Waals surface area contributed by atoms with Gasteiger partial charge in [0.25, 0.3) is 0 Å². The van der Waals surface area contributed by atoms with Crippen LogP contribution < -0.4 is 0 Å². The zero-order valence-corrected chi connectivity index (χ0v) is 27.4. The topological polar surface area (TPSA) is 9.86 Å². The number of hydrogen-bond donors (Lipinski definition) is 0. The summed E-state index contributed by atoms with van der Waals surface area (Å²) in [4.78, 5) is 0. The van der Waals surface area contributed by atoms with Crippen LogP contribution in [0, 0.1) is 0 Å². The van der Waals surface area contributed by atoms with Gasteiger partial charge in [-0.15, -0.1) is 0 Å². The smallest absolute Gasteiger partial charge is 0.0619 e. The maximum absolute atomic E-state index is 2.48. The lowest BCUT2D eigenvalue weighted by Crippen LogP contribution is -1.99. The summed E-state index contributed by atoms with van der Waals surface area (Å²) < 4.78 is 4.86. The summed E-state index contributed by atoms with van der Waals surface area (Å²) in [6, 6.07) is 70.4. The van der Waals surface area contributed by atoms with Crippen molar-refractivity contribution in [1.29, 1.82) is 0 Å². The van der Waals surface area contributed by atoms with Gasteiger partial charge in [-0.3, -0.25) is 0 Å². The van der Waals surface area contributed by atoms with Gasteiger partial charge >= 0.3 is 0 Å². The highest BCUT2D eigenvalue weighted by Gasteiger charge is 2.20. The number of rotatable bonds is 5.